The van der Waals surface area contributed by atoms with E-state index in [1.807, 2.05) is 0 Å². The Morgan fingerprint density at radius 2 is 0.690 bits per heavy atom. The Balaban J connectivity index is 1.13. The van der Waals surface area contributed by atoms with Crippen molar-refractivity contribution in [1.29, 1.82) is 0 Å². The van der Waals surface area contributed by atoms with E-state index in [0.717, 1.165) is 84.3 Å². The standard InChI is InChI=1S/C95H95N3OSi/c1-90(2,3)62-36-48-70(49-37-62)96(71-50-38-63(39-51-71)91(4,5)6)72-56-44-66(45-57-72)95(67-46-58-75(59-47-67)100(15,16)17)79-61-82(98(69-30-22-19-23-31-69)74-54-42-65(43-55-74)93(10,11)12)88-85(76-32-24-26-34-78(76)94(88,13)14)86(79)87-80(95)60-81(84-77-33-25-27-35-83(77)99-89(84)87)97(68-28-20-18-21-29-68)73-52-40-64(41-53-73)92(7,8)9/h18-61H,1-17H3. The Hall–Kier alpha value is -9.94. The minimum Gasteiger partial charge on any atom is -0.455 e. The molecule has 0 aliphatic heterocycles. The molecule has 1 aromatic heterocycles. The molecule has 0 radical (unpaired) electrons. The van der Waals surface area contributed by atoms with Gasteiger partial charge in [0.1, 0.15) is 11.2 Å². The van der Waals surface area contributed by atoms with Crippen molar-refractivity contribution in [1.82, 2.24) is 0 Å². The second-order valence-corrected chi connectivity index (χ2v) is 38.9. The summed E-state index contributed by atoms with van der Waals surface area (Å²) in [5.41, 5.74) is 27.2. The monoisotopic (exact) mass is 1320 g/mol. The maximum Gasteiger partial charge on any atom is 0.145 e. The van der Waals surface area contributed by atoms with E-state index in [2.05, 4.69) is 398 Å². The van der Waals surface area contributed by atoms with Crippen molar-refractivity contribution in [3.63, 3.8) is 0 Å². The molecule has 500 valence electrons. The average Bonchev–Trinajstić information content (AvgIpc) is 1.49. The van der Waals surface area contributed by atoms with E-state index in [-0.39, 0.29) is 21.7 Å². The molecule has 2 aliphatic carbocycles. The van der Waals surface area contributed by atoms with E-state index in [9.17, 15) is 0 Å². The van der Waals surface area contributed by atoms with Crippen LogP contribution in [0.1, 0.15) is 153 Å². The van der Waals surface area contributed by atoms with E-state index in [1.54, 1.807) is 0 Å². The van der Waals surface area contributed by atoms with Crippen molar-refractivity contribution in [2.45, 2.75) is 149 Å². The van der Waals surface area contributed by atoms with Crippen molar-refractivity contribution in [2.75, 3.05) is 14.7 Å². The molecule has 100 heavy (non-hydrogen) atoms. The molecule has 0 bridgehead atoms. The number of para-hydroxylation sites is 3. The Kier molecular flexibility index (Phi) is 15.8. The number of furan rings is 1. The highest BCUT2D eigenvalue weighted by molar-refractivity contribution is 6.88. The minimum atomic E-state index is -1.84. The van der Waals surface area contributed by atoms with Gasteiger partial charge in [-0.15, -0.1) is 0 Å². The van der Waals surface area contributed by atoms with Crippen LogP contribution in [0.25, 0.3) is 44.2 Å². The molecule has 2 aliphatic rings. The SMILES string of the molecule is CC(C)(C)c1ccc(N(c2ccc(C(C)(C)C)cc2)c2ccc(C3(c4ccc([Si](C)(C)C)cc4)c4cc(N(c5ccccc5)c5ccc(C(C)(C)C)cc5)c5c(c4-c4c3cc(N(c3ccccc3)c3ccc(C(C)(C)C)cc3)c3c4oc4ccccc43)-c3ccccc3C5(C)C)cc2)cc1. The molecule has 1 unspecified atom stereocenters. The van der Waals surface area contributed by atoms with Gasteiger partial charge >= 0.3 is 0 Å². The molecule has 0 amide bonds. The molecule has 12 aromatic carbocycles. The Bertz CT molecular complexity index is 5170. The van der Waals surface area contributed by atoms with Crippen molar-refractivity contribution in [3.05, 3.63) is 323 Å². The van der Waals surface area contributed by atoms with E-state index in [0.29, 0.717) is 0 Å². The lowest BCUT2D eigenvalue weighted by atomic mass is 9.67. The van der Waals surface area contributed by atoms with E-state index >= 15 is 0 Å². The number of benzene rings is 12. The second kappa shape index (κ2) is 23.9. The second-order valence-electron chi connectivity index (χ2n) is 33.8. The molecule has 0 fully saturated rings. The highest BCUT2D eigenvalue weighted by Crippen LogP contribution is 2.68. The predicted octanol–water partition coefficient (Wildman–Crippen LogP) is 26.4. The summed E-state index contributed by atoms with van der Waals surface area (Å²) in [5, 5.41) is 3.55. The van der Waals surface area contributed by atoms with Gasteiger partial charge in [-0.1, -0.05) is 286 Å². The van der Waals surface area contributed by atoms with Gasteiger partial charge in [-0.05, 0) is 197 Å². The molecule has 0 N–H and O–H groups in total. The zero-order valence-electron chi connectivity index (χ0n) is 61.7. The highest BCUT2D eigenvalue weighted by Gasteiger charge is 2.53. The summed E-state index contributed by atoms with van der Waals surface area (Å²) in [6.45, 7) is 39.9. The van der Waals surface area contributed by atoms with Crippen LogP contribution in [0.4, 0.5) is 51.2 Å². The normalized spacial score (nSPS) is 15.0. The first-order chi connectivity index (χ1) is 47.5. The first-order valence-electron chi connectivity index (χ1n) is 36.0. The topological polar surface area (TPSA) is 22.9 Å². The van der Waals surface area contributed by atoms with Gasteiger partial charge in [0.2, 0.25) is 0 Å². The maximum absolute atomic E-state index is 7.83. The number of fused-ring (bicyclic) bond motifs is 11. The summed E-state index contributed by atoms with van der Waals surface area (Å²) in [6.07, 6.45) is 0. The van der Waals surface area contributed by atoms with Crippen molar-refractivity contribution in [3.8, 4) is 22.3 Å². The van der Waals surface area contributed by atoms with E-state index < -0.39 is 18.9 Å². The van der Waals surface area contributed by atoms with Crippen LogP contribution in [0.3, 0.4) is 0 Å². The van der Waals surface area contributed by atoms with Crippen LogP contribution < -0.4 is 19.9 Å². The zero-order valence-corrected chi connectivity index (χ0v) is 62.7. The van der Waals surface area contributed by atoms with Crippen molar-refractivity contribution in [2.24, 2.45) is 0 Å². The van der Waals surface area contributed by atoms with Gasteiger partial charge in [0.15, 0.2) is 0 Å². The summed E-state index contributed by atoms with van der Waals surface area (Å²) in [4.78, 5) is 7.52. The van der Waals surface area contributed by atoms with Gasteiger partial charge in [0, 0.05) is 56.2 Å². The van der Waals surface area contributed by atoms with E-state index in [1.165, 1.54) is 71.9 Å². The molecule has 5 heteroatoms. The third-order valence-corrected chi connectivity index (χ3v) is 23.8. The quantitative estimate of drug-likeness (QED) is 0.114. The molecule has 13 aromatic rings. The van der Waals surface area contributed by atoms with Crippen LogP contribution >= 0.6 is 0 Å². The lowest BCUT2D eigenvalue weighted by molar-refractivity contribution is 0.590. The van der Waals surface area contributed by atoms with Gasteiger partial charge < -0.3 is 19.1 Å². The third-order valence-electron chi connectivity index (χ3n) is 21.7. The fraction of sp³-hybridized carbons (Fsp3) is 0.242. The molecular weight excluding hydrogens is 1230 g/mol. The van der Waals surface area contributed by atoms with Gasteiger partial charge in [-0.3, -0.25) is 0 Å². The number of nitrogens with zero attached hydrogens (tertiary/aromatic N) is 3. The minimum absolute atomic E-state index is 0.00946. The first-order valence-corrected chi connectivity index (χ1v) is 39.5. The van der Waals surface area contributed by atoms with Gasteiger partial charge in [-0.2, -0.15) is 0 Å². The molecule has 4 nitrogen and oxygen atoms in total. The fourth-order valence-corrected chi connectivity index (χ4v) is 17.4. The van der Waals surface area contributed by atoms with Crippen LogP contribution in [-0.4, -0.2) is 8.07 Å². The number of hydrogen-bond acceptors (Lipinski definition) is 4. The van der Waals surface area contributed by atoms with Crippen LogP contribution in [0, 0.1) is 0 Å². The molecule has 1 heterocycles. The summed E-state index contributed by atoms with van der Waals surface area (Å²) in [5.74, 6) is 0. The predicted molar refractivity (Wildman–Crippen MR) is 430 cm³/mol. The fourth-order valence-electron chi connectivity index (χ4n) is 16.2. The zero-order chi connectivity index (χ0) is 70.2. The lowest BCUT2D eigenvalue weighted by Crippen LogP contribution is -2.38. The smallest absolute Gasteiger partial charge is 0.145 e. The summed E-state index contributed by atoms with van der Waals surface area (Å²) in [6, 6.07) is 102. The average molecular weight is 1320 g/mol. The van der Waals surface area contributed by atoms with Gasteiger partial charge in [-0.25, -0.2) is 0 Å². The van der Waals surface area contributed by atoms with Gasteiger partial charge in [0.25, 0.3) is 0 Å². The number of hydrogen-bond donors (Lipinski definition) is 0. The summed E-state index contributed by atoms with van der Waals surface area (Å²) in [7, 11) is -1.84. The van der Waals surface area contributed by atoms with Gasteiger partial charge in [0.05, 0.1) is 30.2 Å². The Morgan fingerprint density at radius 1 is 0.330 bits per heavy atom. The molecule has 0 saturated heterocycles. The Morgan fingerprint density at radius 3 is 1.14 bits per heavy atom. The third kappa shape index (κ3) is 11.0. The molecule has 0 saturated carbocycles. The summed E-state index contributed by atoms with van der Waals surface area (Å²) < 4.78 is 7.83. The molecule has 0 spiro atoms. The van der Waals surface area contributed by atoms with Crippen LogP contribution in [0.5, 0.6) is 0 Å². The van der Waals surface area contributed by atoms with E-state index in [4.69, 9.17) is 4.42 Å². The molecule has 1 atom stereocenters. The van der Waals surface area contributed by atoms with Crippen LogP contribution in [0.2, 0.25) is 19.6 Å². The maximum atomic E-state index is 7.83. The molecule has 15 rings (SSSR count). The molecular formula is C95H95N3OSi. The van der Waals surface area contributed by atoms with Crippen LogP contribution in [-0.2, 0) is 32.5 Å². The first kappa shape index (κ1) is 66.0. The van der Waals surface area contributed by atoms with Crippen LogP contribution in [0.15, 0.2) is 271 Å². The van der Waals surface area contributed by atoms with Crippen molar-refractivity contribution >= 4 is 86.4 Å². The number of rotatable bonds is 12. The number of anilines is 9. The van der Waals surface area contributed by atoms with Crippen molar-refractivity contribution < 1.29 is 4.42 Å². The Labute approximate surface area is 595 Å². The largest absolute Gasteiger partial charge is 0.455 e. The highest BCUT2D eigenvalue weighted by atomic mass is 28.3. The summed E-state index contributed by atoms with van der Waals surface area (Å²) >= 11 is 0. The lowest BCUT2D eigenvalue weighted by Gasteiger charge is -2.38.